The fraction of sp³-hybridized carbons (Fsp3) is 0.200. The maximum absolute atomic E-state index is 10.6. The normalized spacial score (nSPS) is 10.6. The van der Waals surface area contributed by atoms with E-state index in [2.05, 4.69) is 4.98 Å². The van der Waals surface area contributed by atoms with Crippen LogP contribution in [0.3, 0.4) is 0 Å². The number of aromatic carboxylic acids is 1. The average Bonchev–Trinajstić information content (AvgIpc) is 2.83. The number of nitrogens with zero attached hydrogens (tertiary/aromatic N) is 1. The van der Waals surface area contributed by atoms with Gasteiger partial charge < -0.3 is 9.52 Å². The molecule has 0 amide bonds. The molecule has 0 saturated heterocycles. The third kappa shape index (κ3) is 2.65. The van der Waals surface area contributed by atoms with Crippen LogP contribution in [0, 0.1) is 6.92 Å². The van der Waals surface area contributed by atoms with Crippen molar-refractivity contribution in [1.29, 1.82) is 0 Å². The number of aryl methyl sites for hydroxylation is 1. The Hall–Kier alpha value is -1.27. The van der Waals surface area contributed by atoms with Crippen LogP contribution in [0.5, 0.6) is 0 Å². The SMILES string of the molecule is Cc1nc(CSc2ccc(C(=O)O)o2)cs1. The Morgan fingerprint density at radius 2 is 2.44 bits per heavy atom. The van der Waals surface area contributed by atoms with Crippen LogP contribution in [0.15, 0.2) is 27.0 Å². The molecule has 0 fully saturated rings. The molecule has 16 heavy (non-hydrogen) atoms. The molecule has 0 aromatic carbocycles. The second kappa shape index (κ2) is 4.71. The minimum Gasteiger partial charge on any atom is -0.475 e. The van der Waals surface area contributed by atoms with E-state index in [1.165, 1.54) is 17.8 Å². The van der Waals surface area contributed by atoms with Gasteiger partial charge in [0.1, 0.15) is 0 Å². The van der Waals surface area contributed by atoms with Crippen LogP contribution in [-0.4, -0.2) is 16.1 Å². The molecule has 0 radical (unpaired) electrons. The van der Waals surface area contributed by atoms with Crippen molar-refractivity contribution in [2.45, 2.75) is 17.8 Å². The Bertz CT molecular complexity index is 504. The van der Waals surface area contributed by atoms with Gasteiger partial charge in [-0.25, -0.2) is 9.78 Å². The van der Waals surface area contributed by atoms with E-state index in [4.69, 9.17) is 9.52 Å². The highest BCUT2D eigenvalue weighted by molar-refractivity contribution is 7.98. The number of carboxylic acid groups (broad SMARTS) is 1. The van der Waals surface area contributed by atoms with Gasteiger partial charge in [-0.1, -0.05) is 11.8 Å². The smallest absolute Gasteiger partial charge is 0.371 e. The van der Waals surface area contributed by atoms with Crippen molar-refractivity contribution >= 4 is 29.1 Å². The van der Waals surface area contributed by atoms with Gasteiger partial charge in [0, 0.05) is 11.1 Å². The number of carboxylic acids is 1. The second-order valence-electron chi connectivity index (χ2n) is 3.07. The highest BCUT2D eigenvalue weighted by atomic mass is 32.2. The largest absolute Gasteiger partial charge is 0.475 e. The van der Waals surface area contributed by atoms with E-state index in [0.29, 0.717) is 10.8 Å². The van der Waals surface area contributed by atoms with Gasteiger partial charge >= 0.3 is 5.97 Å². The fourth-order valence-corrected chi connectivity index (χ4v) is 2.60. The van der Waals surface area contributed by atoms with Gasteiger partial charge in [0.15, 0.2) is 5.09 Å². The van der Waals surface area contributed by atoms with Crippen molar-refractivity contribution in [1.82, 2.24) is 4.98 Å². The standard InChI is InChI=1S/C10H9NO3S2/c1-6-11-7(4-15-6)5-16-9-3-2-8(14-9)10(12)13/h2-4H,5H2,1H3,(H,12,13). The van der Waals surface area contributed by atoms with E-state index in [0.717, 1.165) is 10.7 Å². The molecule has 1 N–H and O–H groups in total. The molecule has 0 saturated carbocycles. The Morgan fingerprint density at radius 3 is 3.00 bits per heavy atom. The Kier molecular flexibility index (Phi) is 3.31. The molecule has 0 unspecified atom stereocenters. The van der Waals surface area contributed by atoms with Crippen LogP contribution < -0.4 is 0 Å². The number of aromatic nitrogens is 1. The second-order valence-corrected chi connectivity index (χ2v) is 5.11. The fourth-order valence-electron chi connectivity index (χ4n) is 1.13. The Balaban J connectivity index is 1.97. The minimum absolute atomic E-state index is 0.0306. The number of hydrogen-bond acceptors (Lipinski definition) is 5. The maximum atomic E-state index is 10.6. The van der Waals surface area contributed by atoms with Gasteiger partial charge in [0.2, 0.25) is 5.76 Å². The molecule has 2 heterocycles. The summed E-state index contributed by atoms with van der Waals surface area (Å²) in [6, 6.07) is 3.12. The molecule has 0 aliphatic rings. The maximum Gasteiger partial charge on any atom is 0.371 e. The summed E-state index contributed by atoms with van der Waals surface area (Å²) in [5.41, 5.74) is 0.987. The summed E-state index contributed by atoms with van der Waals surface area (Å²) in [7, 11) is 0. The third-order valence-corrected chi connectivity index (χ3v) is 3.59. The van der Waals surface area contributed by atoms with E-state index >= 15 is 0 Å². The lowest BCUT2D eigenvalue weighted by molar-refractivity contribution is 0.0656. The van der Waals surface area contributed by atoms with E-state index in [9.17, 15) is 4.79 Å². The Morgan fingerprint density at radius 1 is 1.62 bits per heavy atom. The zero-order valence-electron chi connectivity index (χ0n) is 8.47. The van der Waals surface area contributed by atoms with Crippen LogP contribution >= 0.6 is 23.1 Å². The summed E-state index contributed by atoms with van der Waals surface area (Å²) in [5, 5.41) is 12.3. The van der Waals surface area contributed by atoms with Gasteiger partial charge in [-0.2, -0.15) is 0 Å². The highest BCUT2D eigenvalue weighted by Crippen LogP contribution is 2.25. The van der Waals surface area contributed by atoms with Crippen LogP contribution in [0.25, 0.3) is 0 Å². The zero-order valence-corrected chi connectivity index (χ0v) is 10.1. The molecule has 0 bridgehead atoms. The number of thiazole rings is 1. The van der Waals surface area contributed by atoms with Gasteiger partial charge in [0.25, 0.3) is 0 Å². The van der Waals surface area contributed by atoms with Crippen molar-refractivity contribution in [3.63, 3.8) is 0 Å². The van der Waals surface area contributed by atoms with E-state index in [-0.39, 0.29) is 5.76 Å². The minimum atomic E-state index is -1.05. The quantitative estimate of drug-likeness (QED) is 0.851. The molecule has 0 atom stereocenters. The third-order valence-electron chi connectivity index (χ3n) is 1.82. The lowest BCUT2D eigenvalue weighted by atomic mass is 10.5. The van der Waals surface area contributed by atoms with Gasteiger partial charge in [0.05, 0.1) is 10.7 Å². The number of furan rings is 1. The average molecular weight is 255 g/mol. The summed E-state index contributed by atoms with van der Waals surface area (Å²) < 4.78 is 5.11. The first-order chi connectivity index (χ1) is 7.65. The van der Waals surface area contributed by atoms with Crippen molar-refractivity contribution in [2.75, 3.05) is 0 Å². The number of carbonyl (C=O) groups is 1. The van der Waals surface area contributed by atoms with Crippen molar-refractivity contribution in [3.8, 4) is 0 Å². The summed E-state index contributed by atoms with van der Waals surface area (Å²) in [4.78, 5) is 14.9. The van der Waals surface area contributed by atoms with Crippen LogP contribution in [0.1, 0.15) is 21.3 Å². The van der Waals surface area contributed by atoms with Crippen LogP contribution in [-0.2, 0) is 5.75 Å². The first-order valence-corrected chi connectivity index (χ1v) is 6.38. The topological polar surface area (TPSA) is 63.3 Å². The number of thioether (sulfide) groups is 1. The van der Waals surface area contributed by atoms with Crippen molar-refractivity contribution in [2.24, 2.45) is 0 Å². The van der Waals surface area contributed by atoms with E-state index in [1.54, 1.807) is 17.4 Å². The van der Waals surface area contributed by atoms with Gasteiger partial charge in [-0.3, -0.25) is 0 Å². The molecule has 2 rings (SSSR count). The summed E-state index contributed by atoms with van der Waals surface area (Å²) in [5.74, 6) is -0.384. The molecule has 2 aromatic rings. The first kappa shape index (κ1) is 11.2. The van der Waals surface area contributed by atoms with Crippen molar-refractivity contribution in [3.05, 3.63) is 34.0 Å². The summed E-state index contributed by atoms with van der Waals surface area (Å²) in [6.07, 6.45) is 0. The van der Waals surface area contributed by atoms with Crippen LogP contribution in [0.2, 0.25) is 0 Å². The Labute approximate surface area is 100 Å². The molecule has 84 valence electrons. The van der Waals surface area contributed by atoms with E-state index in [1.807, 2.05) is 12.3 Å². The van der Waals surface area contributed by atoms with Crippen LogP contribution in [0.4, 0.5) is 0 Å². The monoisotopic (exact) mass is 255 g/mol. The molecular weight excluding hydrogens is 246 g/mol. The summed E-state index contributed by atoms with van der Waals surface area (Å²) in [6.45, 7) is 1.95. The predicted molar refractivity (Wildman–Crippen MR) is 62.1 cm³/mol. The molecular formula is C10H9NO3S2. The predicted octanol–water partition coefficient (Wildman–Crippen LogP) is 3.04. The molecule has 2 aromatic heterocycles. The molecule has 6 heteroatoms. The molecule has 0 aliphatic heterocycles. The molecule has 4 nitrogen and oxygen atoms in total. The van der Waals surface area contributed by atoms with Gasteiger partial charge in [-0.05, 0) is 19.1 Å². The van der Waals surface area contributed by atoms with E-state index < -0.39 is 5.97 Å². The zero-order chi connectivity index (χ0) is 11.5. The summed E-state index contributed by atoms with van der Waals surface area (Å²) >= 11 is 3.04. The first-order valence-electron chi connectivity index (χ1n) is 4.52. The molecule has 0 spiro atoms. The lowest BCUT2D eigenvalue weighted by Crippen LogP contribution is -1.91. The van der Waals surface area contributed by atoms with Crippen molar-refractivity contribution < 1.29 is 14.3 Å². The van der Waals surface area contributed by atoms with Gasteiger partial charge in [-0.15, -0.1) is 11.3 Å². The lowest BCUT2D eigenvalue weighted by Gasteiger charge is -1.93. The number of hydrogen-bond donors (Lipinski definition) is 1. The highest BCUT2D eigenvalue weighted by Gasteiger charge is 2.09. The molecule has 0 aliphatic carbocycles. The number of rotatable bonds is 4.